The summed E-state index contributed by atoms with van der Waals surface area (Å²) in [7, 11) is 1.45. The quantitative estimate of drug-likeness (QED) is 0.661. The topological polar surface area (TPSA) is 64.1 Å². The lowest BCUT2D eigenvalue weighted by Gasteiger charge is -2.27. The predicted molar refractivity (Wildman–Crippen MR) is 76.1 cm³/mol. The van der Waals surface area contributed by atoms with E-state index in [1.165, 1.54) is 7.11 Å². The molecule has 1 aliphatic carbocycles. The molecule has 1 fully saturated rings. The molecule has 2 rings (SSSR count). The molecule has 1 saturated carbocycles. The van der Waals surface area contributed by atoms with Crippen molar-refractivity contribution >= 4 is 34.5 Å². The van der Waals surface area contributed by atoms with Crippen LogP contribution in [0.3, 0.4) is 0 Å². The maximum Gasteiger partial charge on any atom is 0.308 e. The summed E-state index contributed by atoms with van der Waals surface area (Å²) in [6, 6.07) is 0.353. The Bertz CT molecular complexity index is 402. The van der Waals surface area contributed by atoms with Gasteiger partial charge in [0.25, 0.3) is 0 Å². The molecule has 1 aliphatic rings. The zero-order chi connectivity index (χ0) is 13.0. The number of carbonyl (C=O) groups excluding carboxylic acids is 1. The molecular formula is C12H16IN3O2. The number of halogens is 1. The summed E-state index contributed by atoms with van der Waals surface area (Å²) < 4.78 is 5.79. The predicted octanol–water partition coefficient (Wildman–Crippen LogP) is 2.22. The number of ether oxygens (including phenoxy) is 1. The Kier molecular flexibility index (Phi) is 4.73. The number of carbonyl (C=O) groups is 1. The van der Waals surface area contributed by atoms with Crippen molar-refractivity contribution in [1.29, 1.82) is 0 Å². The fourth-order valence-corrected chi connectivity index (χ4v) is 2.49. The van der Waals surface area contributed by atoms with Crippen LogP contribution in [-0.2, 0) is 9.53 Å². The Morgan fingerprint density at radius 2 is 1.94 bits per heavy atom. The van der Waals surface area contributed by atoms with E-state index in [-0.39, 0.29) is 11.9 Å². The Morgan fingerprint density at radius 3 is 2.50 bits per heavy atom. The number of nitrogens with one attached hydrogen (secondary N) is 1. The van der Waals surface area contributed by atoms with E-state index >= 15 is 0 Å². The van der Waals surface area contributed by atoms with Crippen molar-refractivity contribution in [3.63, 3.8) is 0 Å². The van der Waals surface area contributed by atoms with Crippen LogP contribution in [0.25, 0.3) is 0 Å². The van der Waals surface area contributed by atoms with Crippen LogP contribution >= 0.6 is 22.6 Å². The highest BCUT2D eigenvalue weighted by Gasteiger charge is 2.26. The average Bonchev–Trinajstić information content (AvgIpc) is 2.41. The van der Waals surface area contributed by atoms with Crippen LogP contribution in [0.1, 0.15) is 25.7 Å². The van der Waals surface area contributed by atoms with Crippen molar-refractivity contribution in [1.82, 2.24) is 9.97 Å². The largest absolute Gasteiger partial charge is 0.469 e. The van der Waals surface area contributed by atoms with Crippen LogP contribution in [0.15, 0.2) is 12.4 Å². The van der Waals surface area contributed by atoms with Gasteiger partial charge in [0, 0.05) is 22.0 Å². The van der Waals surface area contributed by atoms with Crippen LogP contribution in [0, 0.1) is 9.49 Å². The third-order valence-electron chi connectivity index (χ3n) is 3.22. The van der Waals surface area contributed by atoms with E-state index in [1.54, 1.807) is 12.4 Å². The SMILES string of the molecule is COC(=O)C1CCC(Nc2ncc(I)cn2)CC1. The van der Waals surface area contributed by atoms with E-state index in [2.05, 4.69) is 37.9 Å². The maximum absolute atomic E-state index is 11.4. The molecule has 0 atom stereocenters. The van der Waals surface area contributed by atoms with E-state index in [9.17, 15) is 4.79 Å². The van der Waals surface area contributed by atoms with E-state index in [0.29, 0.717) is 12.0 Å². The third kappa shape index (κ3) is 3.54. The van der Waals surface area contributed by atoms with Gasteiger partial charge < -0.3 is 10.1 Å². The van der Waals surface area contributed by atoms with Gasteiger partial charge in [-0.1, -0.05) is 0 Å². The van der Waals surface area contributed by atoms with Gasteiger partial charge in [-0.3, -0.25) is 4.79 Å². The molecule has 6 heteroatoms. The summed E-state index contributed by atoms with van der Waals surface area (Å²) in [6.07, 6.45) is 7.22. The van der Waals surface area contributed by atoms with Crippen LogP contribution in [0.2, 0.25) is 0 Å². The average molecular weight is 361 g/mol. The second-order valence-electron chi connectivity index (χ2n) is 4.44. The second-order valence-corrected chi connectivity index (χ2v) is 5.69. The van der Waals surface area contributed by atoms with Crippen LogP contribution < -0.4 is 5.32 Å². The van der Waals surface area contributed by atoms with Crippen molar-refractivity contribution in [2.24, 2.45) is 5.92 Å². The summed E-state index contributed by atoms with van der Waals surface area (Å²) in [6.45, 7) is 0. The first-order valence-electron chi connectivity index (χ1n) is 6.01. The first-order valence-corrected chi connectivity index (χ1v) is 7.09. The standard InChI is InChI=1S/C12H16IN3O2/c1-18-11(17)8-2-4-10(5-3-8)16-12-14-6-9(13)7-15-12/h6-8,10H,2-5H2,1H3,(H,14,15,16). The normalized spacial score (nSPS) is 23.4. The Hall–Kier alpha value is -0.920. The van der Waals surface area contributed by atoms with Gasteiger partial charge >= 0.3 is 5.97 Å². The molecule has 0 saturated heterocycles. The molecule has 0 bridgehead atoms. The van der Waals surface area contributed by atoms with Crippen LogP contribution in [-0.4, -0.2) is 29.1 Å². The van der Waals surface area contributed by atoms with Crippen molar-refractivity contribution in [3.8, 4) is 0 Å². The lowest BCUT2D eigenvalue weighted by Crippen LogP contribution is -2.30. The summed E-state index contributed by atoms with van der Waals surface area (Å²) in [5, 5.41) is 3.31. The van der Waals surface area contributed by atoms with E-state index in [0.717, 1.165) is 29.3 Å². The number of rotatable bonds is 3. The summed E-state index contributed by atoms with van der Waals surface area (Å²) in [5.41, 5.74) is 0. The second kappa shape index (κ2) is 6.31. The molecule has 1 aromatic rings. The van der Waals surface area contributed by atoms with Gasteiger partial charge in [-0.2, -0.15) is 0 Å². The Balaban J connectivity index is 1.83. The Morgan fingerprint density at radius 1 is 1.33 bits per heavy atom. The molecule has 0 aromatic carbocycles. The molecule has 1 N–H and O–H groups in total. The first-order chi connectivity index (χ1) is 8.69. The zero-order valence-electron chi connectivity index (χ0n) is 10.2. The van der Waals surface area contributed by atoms with Crippen molar-refractivity contribution < 1.29 is 9.53 Å². The first kappa shape index (κ1) is 13.5. The highest BCUT2D eigenvalue weighted by Crippen LogP contribution is 2.26. The third-order valence-corrected chi connectivity index (χ3v) is 3.77. The minimum Gasteiger partial charge on any atom is -0.469 e. The monoisotopic (exact) mass is 361 g/mol. The molecule has 0 unspecified atom stereocenters. The van der Waals surface area contributed by atoms with Gasteiger partial charge in [-0.25, -0.2) is 9.97 Å². The number of esters is 1. The molecule has 98 valence electrons. The molecule has 5 nitrogen and oxygen atoms in total. The summed E-state index contributed by atoms with van der Waals surface area (Å²) in [5.74, 6) is 0.640. The van der Waals surface area contributed by atoms with Crippen molar-refractivity contribution in [2.75, 3.05) is 12.4 Å². The molecule has 0 amide bonds. The minimum atomic E-state index is -0.0843. The molecule has 1 heterocycles. The highest BCUT2D eigenvalue weighted by molar-refractivity contribution is 14.1. The molecule has 0 radical (unpaired) electrons. The van der Waals surface area contributed by atoms with Gasteiger partial charge in [0.2, 0.25) is 5.95 Å². The summed E-state index contributed by atoms with van der Waals surface area (Å²) in [4.78, 5) is 19.8. The van der Waals surface area contributed by atoms with Crippen molar-refractivity contribution in [2.45, 2.75) is 31.7 Å². The van der Waals surface area contributed by atoms with E-state index in [4.69, 9.17) is 4.74 Å². The minimum absolute atomic E-state index is 0.0608. The fourth-order valence-electron chi connectivity index (χ4n) is 2.21. The molecule has 0 aliphatic heterocycles. The van der Waals surface area contributed by atoms with Gasteiger partial charge in [0.05, 0.1) is 13.0 Å². The molecule has 1 aromatic heterocycles. The van der Waals surface area contributed by atoms with Gasteiger partial charge in [0.1, 0.15) is 0 Å². The molecular weight excluding hydrogens is 345 g/mol. The number of anilines is 1. The van der Waals surface area contributed by atoms with E-state index < -0.39 is 0 Å². The summed E-state index contributed by atoms with van der Waals surface area (Å²) >= 11 is 2.18. The van der Waals surface area contributed by atoms with Crippen LogP contribution in [0.5, 0.6) is 0 Å². The van der Waals surface area contributed by atoms with Crippen molar-refractivity contribution in [3.05, 3.63) is 16.0 Å². The lowest BCUT2D eigenvalue weighted by atomic mass is 9.86. The number of nitrogens with zero attached hydrogens (tertiary/aromatic N) is 2. The number of hydrogen-bond donors (Lipinski definition) is 1. The van der Waals surface area contributed by atoms with Gasteiger partial charge in [0.15, 0.2) is 0 Å². The number of hydrogen-bond acceptors (Lipinski definition) is 5. The highest BCUT2D eigenvalue weighted by atomic mass is 127. The lowest BCUT2D eigenvalue weighted by molar-refractivity contribution is -0.146. The number of methoxy groups -OCH3 is 1. The number of aromatic nitrogens is 2. The fraction of sp³-hybridized carbons (Fsp3) is 0.583. The zero-order valence-corrected chi connectivity index (χ0v) is 12.4. The smallest absolute Gasteiger partial charge is 0.308 e. The Labute approximate surface area is 120 Å². The molecule has 0 spiro atoms. The van der Waals surface area contributed by atoms with Gasteiger partial charge in [-0.05, 0) is 48.3 Å². The molecule has 18 heavy (non-hydrogen) atoms. The van der Waals surface area contributed by atoms with E-state index in [1.807, 2.05) is 0 Å². The van der Waals surface area contributed by atoms with Crippen LogP contribution in [0.4, 0.5) is 5.95 Å². The maximum atomic E-state index is 11.4. The van der Waals surface area contributed by atoms with Gasteiger partial charge in [-0.15, -0.1) is 0 Å².